The quantitative estimate of drug-likeness (QED) is 0.907. The van der Waals surface area contributed by atoms with E-state index in [4.69, 9.17) is 9.52 Å². The Morgan fingerprint density at radius 3 is 2.53 bits per heavy atom. The lowest BCUT2D eigenvalue weighted by molar-refractivity contribution is -0.146. The molecule has 106 valence electrons. The van der Waals surface area contributed by atoms with E-state index in [2.05, 4.69) is 0 Å². The highest BCUT2D eigenvalue weighted by atomic mass is 32.2. The number of carbonyl (C=O) groups is 1. The summed E-state index contributed by atoms with van der Waals surface area (Å²) in [5.41, 5.74) is -1.01. The minimum absolute atomic E-state index is 0.00562. The van der Waals surface area contributed by atoms with Crippen LogP contribution in [0.15, 0.2) is 15.4 Å². The average molecular weight is 287 g/mol. The molecule has 2 rings (SSSR count). The molecule has 0 radical (unpaired) electrons. The van der Waals surface area contributed by atoms with E-state index in [1.807, 2.05) is 0 Å². The van der Waals surface area contributed by atoms with Crippen LogP contribution in [-0.2, 0) is 14.8 Å². The van der Waals surface area contributed by atoms with E-state index >= 15 is 0 Å². The molecule has 1 saturated heterocycles. The van der Waals surface area contributed by atoms with E-state index < -0.39 is 21.4 Å². The van der Waals surface area contributed by atoms with Gasteiger partial charge in [0.25, 0.3) is 0 Å². The molecule has 1 N–H and O–H groups in total. The van der Waals surface area contributed by atoms with Crippen molar-refractivity contribution in [1.82, 2.24) is 4.31 Å². The summed E-state index contributed by atoms with van der Waals surface area (Å²) in [7, 11) is -3.68. The third kappa shape index (κ3) is 2.28. The van der Waals surface area contributed by atoms with Crippen LogP contribution in [0.3, 0.4) is 0 Å². The van der Waals surface area contributed by atoms with Gasteiger partial charge in [-0.3, -0.25) is 4.79 Å². The van der Waals surface area contributed by atoms with Crippen LogP contribution in [0, 0.1) is 19.3 Å². The predicted molar refractivity (Wildman–Crippen MR) is 67.3 cm³/mol. The maximum Gasteiger partial charge on any atom is 0.310 e. The number of aliphatic carboxylic acids is 1. The van der Waals surface area contributed by atoms with Gasteiger partial charge in [0.15, 0.2) is 0 Å². The molecular formula is C12H17NO5S. The molecule has 0 bridgehead atoms. The SMILES string of the molecule is Cc1cc(S(=O)(=O)N2CCC(C)(C(=O)O)C2)c(C)o1. The Labute approximate surface area is 112 Å². The number of carboxylic acids is 1. The Kier molecular flexibility index (Phi) is 3.22. The average Bonchev–Trinajstić information content (AvgIpc) is 2.84. The van der Waals surface area contributed by atoms with Gasteiger partial charge >= 0.3 is 5.97 Å². The molecule has 1 aliphatic rings. The maximum atomic E-state index is 12.5. The normalized spacial score (nSPS) is 24.8. The summed E-state index contributed by atoms with van der Waals surface area (Å²) in [6.45, 7) is 5.05. The van der Waals surface area contributed by atoms with Crippen LogP contribution >= 0.6 is 0 Å². The molecule has 0 aromatic carbocycles. The number of sulfonamides is 1. The van der Waals surface area contributed by atoms with Gasteiger partial charge in [-0.15, -0.1) is 0 Å². The number of hydrogen-bond acceptors (Lipinski definition) is 4. The first-order valence-corrected chi connectivity index (χ1v) is 7.41. The molecule has 2 heterocycles. The zero-order valence-electron chi connectivity index (χ0n) is 11.1. The van der Waals surface area contributed by atoms with Crippen LogP contribution in [0.5, 0.6) is 0 Å². The fourth-order valence-electron chi connectivity index (χ4n) is 2.30. The highest BCUT2D eigenvalue weighted by molar-refractivity contribution is 7.89. The Morgan fingerprint density at radius 1 is 1.47 bits per heavy atom. The van der Waals surface area contributed by atoms with Crippen LogP contribution in [0.4, 0.5) is 0 Å². The van der Waals surface area contributed by atoms with Crippen molar-refractivity contribution < 1.29 is 22.7 Å². The van der Waals surface area contributed by atoms with Crippen molar-refractivity contribution in [2.45, 2.75) is 32.1 Å². The molecule has 1 atom stereocenters. The highest BCUT2D eigenvalue weighted by Gasteiger charge is 2.45. The Balaban J connectivity index is 2.33. The third-order valence-corrected chi connectivity index (χ3v) is 5.52. The van der Waals surface area contributed by atoms with Crippen LogP contribution in [0.25, 0.3) is 0 Å². The summed E-state index contributed by atoms with van der Waals surface area (Å²) in [5.74, 6) is -0.108. The molecule has 1 unspecified atom stereocenters. The number of rotatable bonds is 3. The molecule has 1 fully saturated rings. The number of carboxylic acid groups (broad SMARTS) is 1. The summed E-state index contributed by atoms with van der Waals surface area (Å²) < 4.78 is 31.4. The van der Waals surface area contributed by atoms with Gasteiger partial charge in [-0.2, -0.15) is 4.31 Å². The van der Waals surface area contributed by atoms with Crippen molar-refractivity contribution in [1.29, 1.82) is 0 Å². The maximum absolute atomic E-state index is 12.5. The number of nitrogens with zero attached hydrogens (tertiary/aromatic N) is 1. The lowest BCUT2D eigenvalue weighted by atomic mass is 9.90. The number of furan rings is 1. The molecule has 6 nitrogen and oxygen atoms in total. The molecule has 0 amide bonds. The van der Waals surface area contributed by atoms with Crippen LogP contribution < -0.4 is 0 Å². The molecule has 0 spiro atoms. The first-order valence-electron chi connectivity index (χ1n) is 5.97. The van der Waals surface area contributed by atoms with Gasteiger partial charge in [0.05, 0.1) is 5.41 Å². The second-order valence-corrected chi connectivity index (χ2v) is 7.14. The van der Waals surface area contributed by atoms with Gasteiger partial charge in [-0.05, 0) is 33.3 Å². The lowest BCUT2D eigenvalue weighted by Gasteiger charge is -2.19. The van der Waals surface area contributed by atoms with Crippen molar-refractivity contribution in [2.75, 3.05) is 13.1 Å². The zero-order valence-corrected chi connectivity index (χ0v) is 12.0. The standard InChI is InChI=1S/C12H17NO5S/c1-8-6-10(9(2)18-8)19(16,17)13-5-4-12(3,7-13)11(14)15/h6H,4-5,7H2,1-3H3,(H,14,15). The van der Waals surface area contributed by atoms with Gasteiger partial charge in [0, 0.05) is 13.1 Å². The first kappa shape index (κ1) is 14.1. The van der Waals surface area contributed by atoms with E-state index in [9.17, 15) is 13.2 Å². The summed E-state index contributed by atoms with van der Waals surface area (Å²) >= 11 is 0. The van der Waals surface area contributed by atoms with Crippen molar-refractivity contribution in [3.8, 4) is 0 Å². The van der Waals surface area contributed by atoms with Crippen LogP contribution in [0.2, 0.25) is 0 Å². The monoisotopic (exact) mass is 287 g/mol. The Hall–Kier alpha value is -1.34. The van der Waals surface area contributed by atoms with Gasteiger partial charge < -0.3 is 9.52 Å². The summed E-state index contributed by atoms with van der Waals surface area (Å²) in [5, 5.41) is 9.15. The van der Waals surface area contributed by atoms with E-state index in [1.165, 1.54) is 10.4 Å². The second kappa shape index (κ2) is 4.35. The Morgan fingerprint density at radius 2 is 2.11 bits per heavy atom. The molecule has 0 aliphatic carbocycles. The summed E-state index contributed by atoms with van der Waals surface area (Å²) in [4.78, 5) is 11.3. The van der Waals surface area contributed by atoms with Crippen LogP contribution in [0.1, 0.15) is 24.9 Å². The Bertz CT molecular complexity index is 618. The van der Waals surface area contributed by atoms with Gasteiger partial charge in [0.2, 0.25) is 10.0 Å². The van der Waals surface area contributed by atoms with Crippen molar-refractivity contribution >= 4 is 16.0 Å². The number of hydrogen-bond donors (Lipinski definition) is 1. The smallest absolute Gasteiger partial charge is 0.310 e. The first-order chi connectivity index (χ1) is 8.67. The van der Waals surface area contributed by atoms with Crippen molar-refractivity contribution in [2.24, 2.45) is 5.41 Å². The minimum Gasteiger partial charge on any atom is -0.481 e. The van der Waals surface area contributed by atoms with Gasteiger partial charge in [-0.1, -0.05) is 0 Å². The fourth-order valence-corrected chi connectivity index (χ4v) is 4.09. The molecule has 1 aliphatic heterocycles. The molecule has 0 saturated carbocycles. The molecular weight excluding hydrogens is 270 g/mol. The molecule has 19 heavy (non-hydrogen) atoms. The van der Waals surface area contributed by atoms with Crippen LogP contribution in [-0.4, -0.2) is 36.9 Å². The summed E-state index contributed by atoms with van der Waals surface area (Å²) in [6, 6.07) is 1.47. The topological polar surface area (TPSA) is 87.8 Å². The number of aryl methyl sites for hydroxylation is 2. The lowest BCUT2D eigenvalue weighted by Crippen LogP contribution is -2.35. The minimum atomic E-state index is -3.68. The van der Waals surface area contributed by atoms with Gasteiger partial charge in [-0.25, -0.2) is 8.42 Å². The highest BCUT2D eigenvalue weighted by Crippen LogP contribution is 2.34. The van der Waals surface area contributed by atoms with E-state index in [0.29, 0.717) is 17.9 Å². The van der Waals surface area contributed by atoms with E-state index in [-0.39, 0.29) is 18.0 Å². The van der Waals surface area contributed by atoms with Gasteiger partial charge in [0.1, 0.15) is 16.4 Å². The zero-order chi connectivity index (χ0) is 14.4. The van der Waals surface area contributed by atoms with E-state index in [0.717, 1.165) is 0 Å². The van der Waals surface area contributed by atoms with E-state index in [1.54, 1.807) is 20.8 Å². The molecule has 1 aromatic heterocycles. The fraction of sp³-hybridized carbons (Fsp3) is 0.583. The summed E-state index contributed by atoms with van der Waals surface area (Å²) in [6.07, 6.45) is 0.317. The second-order valence-electron chi connectivity index (χ2n) is 5.23. The molecule has 1 aromatic rings. The largest absolute Gasteiger partial charge is 0.481 e. The van der Waals surface area contributed by atoms with Crippen molar-refractivity contribution in [3.05, 3.63) is 17.6 Å². The third-order valence-electron chi connectivity index (χ3n) is 3.57. The molecule has 7 heteroatoms. The predicted octanol–water partition coefficient (Wildman–Crippen LogP) is 1.38. The van der Waals surface area contributed by atoms with Crippen molar-refractivity contribution in [3.63, 3.8) is 0 Å².